The highest BCUT2D eigenvalue weighted by Gasteiger charge is 2.48. The smallest absolute Gasteiger partial charge is 0.186 e. The van der Waals surface area contributed by atoms with Crippen molar-refractivity contribution in [2.45, 2.75) is 56.9 Å². The molecule has 0 saturated carbocycles. The second-order valence-electron chi connectivity index (χ2n) is 8.54. The minimum atomic E-state index is -0.552. The van der Waals surface area contributed by atoms with Crippen LogP contribution in [-0.4, -0.2) is 42.2 Å². The van der Waals surface area contributed by atoms with Gasteiger partial charge in [0.05, 0.1) is 25.9 Å². The number of hydrogen-bond acceptors (Lipinski definition) is 5. The number of methoxy groups -OCH3 is 1. The van der Waals surface area contributed by atoms with E-state index in [2.05, 4.69) is 46.9 Å². The van der Waals surface area contributed by atoms with E-state index in [1.165, 1.54) is 0 Å². The Morgan fingerprint density at radius 3 is 1.47 bits per heavy atom. The summed E-state index contributed by atoms with van der Waals surface area (Å²) in [4.78, 5) is 0. The van der Waals surface area contributed by atoms with Crippen molar-refractivity contribution in [2.24, 2.45) is 0 Å². The molecule has 1 aliphatic heterocycles. The van der Waals surface area contributed by atoms with Gasteiger partial charge in [-0.15, -0.1) is 0 Å². The Kier molecular flexibility index (Phi) is 13.1. The SMILES string of the molecule is CO[C@H]1O[C@H](CCI)[C@@H](OCc2ccccc2)[C@H](OCc2ccccc2)[C@H]1OCc1ccccc1.[I-]. The number of rotatable bonds is 12. The second-order valence-corrected chi connectivity index (χ2v) is 9.62. The van der Waals surface area contributed by atoms with Crippen LogP contribution in [0.25, 0.3) is 0 Å². The lowest BCUT2D eigenvalue weighted by Gasteiger charge is -2.45. The van der Waals surface area contributed by atoms with Crippen LogP contribution < -0.4 is 24.0 Å². The first-order valence-electron chi connectivity index (χ1n) is 12.0. The minimum absolute atomic E-state index is 0. The number of alkyl halides is 1. The van der Waals surface area contributed by atoms with E-state index in [1.807, 2.05) is 66.7 Å². The largest absolute Gasteiger partial charge is 1.00 e. The molecular weight excluding hydrogens is 682 g/mol. The maximum Gasteiger partial charge on any atom is 0.186 e. The molecule has 3 aromatic rings. The lowest BCUT2D eigenvalue weighted by Crippen LogP contribution is -3.00. The third-order valence-electron chi connectivity index (χ3n) is 6.07. The van der Waals surface area contributed by atoms with Gasteiger partial charge in [0.1, 0.15) is 18.3 Å². The molecule has 0 spiro atoms. The molecule has 0 N–H and O–H groups in total. The van der Waals surface area contributed by atoms with E-state index in [9.17, 15) is 0 Å². The third kappa shape index (κ3) is 8.47. The highest BCUT2D eigenvalue weighted by atomic mass is 127. The predicted molar refractivity (Wildman–Crippen MR) is 144 cm³/mol. The predicted octanol–water partition coefficient (Wildman–Crippen LogP) is 2.94. The monoisotopic (exact) mass is 715 g/mol. The fourth-order valence-corrected chi connectivity index (χ4v) is 4.89. The number of ether oxygens (including phenoxy) is 5. The van der Waals surface area contributed by atoms with Crippen LogP contribution in [0.3, 0.4) is 0 Å². The van der Waals surface area contributed by atoms with Gasteiger partial charge >= 0.3 is 0 Å². The standard InChI is InChI=1S/C29H33IO5.HI/c1-31-29-28(34-21-24-15-9-4-10-16-24)27(33-20-23-13-7-3-8-14-23)26(25(35-29)17-18-30)32-19-22-11-5-2-6-12-22;/h2-16,25-29H,17-21H2,1H3;1H/p-1/t25-,26-,27+,28-,29+;/m1./s1. The van der Waals surface area contributed by atoms with Gasteiger partial charge in [-0.2, -0.15) is 0 Å². The zero-order valence-corrected chi connectivity index (χ0v) is 24.7. The summed E-state index contributed by atoms with van der Waals surface area (Å²) in [7, 11) is 1.66. The van der Waals surface area contributed by atoms with E-state index in [0.717, 1.165) is 27.5 Å². The molecule has 0 aromatic heterocycles. The number of benzene rings is 3. The summed E-state index contributed by atoms with van der Waals surface area (Å²) in [6.07, 6.45) is -1.01. The molecule has 1 aliphatic rings. The van der Waals surface area contributed by atoms with E-state index < -0.39 is 12.4 Å². The first-order valence-corrected chi connectivity index (χ1v) is 13.5. The van der Waals surface area contributed by atoms with Gasteiger partial charge in [-0.25, -0.2) is 0 Å². The van der Waals surface area contributed by atoms with Gasteiger partial charge in [-0.3, -0.25) is 0 Å². The van der Waals surface area contributed by atoms with E-state index in [4.69, 9.17) is 23.7 Å². The maximum atomic E-state index is 6.57. The summed E-state index contributed by atoms with van der Waals surface area (Å²) in [6.45, 7) is 1.36. The fraction of sp³-hybridized carbons (Fsp3) is 0.379. The van der Waals surface area contributed by atoms with Crippen molar-refractivity contribution in [1.82, 2.24) is 0 Å². The van der Waals surface area contributed by atoms with Crippen molar-refractivity contribution in [3.05, 3.63) is 108 Å². The van der Waals surface area contributed by atoms with E-state index >= 15 is 0 Å². The van der Waals surface area contributed by atoms with Gasteiger partial charge in [0, 0.05) is 11.5 Å². The van der Waals surface area contributed by atoms with Crippen LogP contribution in [-0.2, 0) is 43.5 Å². The van der Waals surface area contributed by atoms with Gasteiger partial charge in [-0.1, -0.05) is 114 Å². The normalized spacial score (nSPS) is 23.7. The molecule has 0 amide bonds. The number of hydrogen-bond donors (Lipinski definition) is 0. The molecule has 0 bridgehead atoms. The summed E-state index contributed by atoms with van der Waals surface area (Å²) >= 11 is 2.38. The van der Waals surface area contributed by atoms with Crippen LogP contribution in [0, 0.1) is 0 Å². The van der Waals surface area contributed by atoms with Crippen molar-refractivity contribution in [2.75, 3.05) is 11.5 Å². The minimum Gasteiger partial charge on any atom is -1.00 e. The van der Waals surface area contributed by atoms with Crippen molar-refractivity contribution in [3.8, 4) is 0 Å². The molecule has 1 saturated heterocycles. The average molecular weight is 715 g/mol. The Morgan fingerprint density at radius 2 is 1.06 bits per heavy atom. The van der Waals surface area contributed by atoms with Crippen LogP contribution in [0.2, 0.25) is 0 Å². The summed E-state index contributed by atoms with van der Waals surface area (Å²) in [5.74, 6) is 0. The molecule has 7 heteroatoms. The molecule has 0 aliphatic carbocycles. The first-order chi connectivity index (χ1) is 17.3. The van der Waals surface area contributed by atoms with Gasteiger partial charge in [0.25, 0.3) is 0 Å². The third-order valence-corrected chi connectivity index (χ3v) is 6.70. The molecule has 36 heavy (non-hydrogen) atoms. The topological polar surface area (TPSA) is 46.2 Å². The maximum absolute atomic E-state index is 6.57. The Morgan fingerprint density at radius 1 is 0.639 bits per heavy atom. The zero-order valence-electron chi connectivity index (χ0n) is 20.4. The van der Waals surface area contributed by atoms with Gasteiger partial charge in [0.2, 0.25) is 0 Å². The molecule has 0 unspecified atom stereocenters. The fourth-order valence-electron chi connectivity index (χ4n) is 4.28. The van der Waals surface area contributed by atoms with Crippen LogP contribution in [0.1, 0.15) is 23.1 Å². The molecule has 194 valence electrons. The molecular formula is C29H33I2O5-. The quantitative estimate of drug-likeness (QED) is 0.214. The van der Waals surface area contributed by atoms with Crippen molar-refractivity contribution in [3.63, 3.8) is 0 Å². The molecule has 1 heterocycles. The summed E-state index contributed by atoms with van der Waals surface area (Å²) in [5, 5.41) is 0. The summed E-state index contributed by atoms with van der Waals surface area (Å²) in [5.41, 5.74) is 3.29. The van der Waals surface area contributed by atoms with Crippen molar-refractivity contribution >= 4 is 22.6 Å². The molecule has 5 atom stereocenters. The summed E-state index contributed by atoms with van der Waals surface area (Å²) < 4.78 is 32.6. The molecule has 5 nitrogen and oxygen atoms in total. The van der Waals surface area contributed by atoms with Crippen LogP contribution in [0.4, 0.5) is 0 Å². The Bertz CT molecular complexity index is 977. The highest BCUT2D eigenvalue weighted by molar-refractivity contribution is 14.1. The van der Waals surface area contributed by atoms with E-state index in [-0.39, 0.29) is 42.3 Å². The van der Waals surface area contributed by atoms with E-state index in [0.29, 0.717) is 19.8 Å². The molecule has 4 rings (SSSR count). The van der Waals surface area contributed by atoms with Crippen LogP contribution in [0.5, 0.6) is 0 Å². The zero-order chi connectivity index (χ0) is 24.3. The number of halogens is 2. The average Bonchev–Trinajstić information content (AvgIpc) is 2.92. The highest BCUT2D eigenvalue weighted by Crippen LogP contribution is 2.32. The molecule has 3 aromatic carbocycles. The molecule has 0 radical (unpaired) electrons. The summed E-state index contributed by atoms with van der Waals surface area (Å²) in [6, 6.07) is 30.5. The van der Waals surface area contributed by atoms with E-state index in [1.54, 1.807) is 7.11 Å². The van der Waals surface area contributed by atoms with Gasteiger partial charge in [0.15, 0.2) is 6.29 Å². The second kappa shape index (κ2) is 16.0. The van der Waals surface area contributed by atoms with Crippen molar-refractivity contribution in [1.29, 1.82) is 0 Å². The lowest BCUT2D eigenvalue weighted by molar-refractivity contribution is -0.317. The van der Waals surface area contributed by atoms with Gasteiger partial charge < -0.3 is 47.7 Å². The van der Waals surface area contributed by atoms with Crippen molar-refractivity contribution < 1.29 is 47.7 Å². The molecule has 1 fully saturated rings. The lowest BCUT2D eigenvalue weighted by atomic mass is 9.96. The first kappa shape index (κ1) is 29.5. The Hall–Kier alpha value is -1.08. The van der Waals surface area contributed by atoms with Gasteiger partial charge in [-0.05, 0) is 23.1 Å². The van der Waals surface area contributed by atoms with Crippen LogP contribution >= 0.6 is 22.6 Å². The Balaban J connectivity index is 0.00000361. The van der Waals surface area contributed by atoms with Crippen LogP contribution in [0.15, 0.2) is 91.0 Å². The Labute approximate surface area is 245 Å².